The summed E-state index contributed by atoms with van der Waals surface area (Å²) in [6.45, 7) is 2.19. The molecule has 0 aromatic heterocycles. The molecule has 3 rings (SSSR count). The number of halogens is 1. The largest absolute Gasteiger partial charge is 0.466 e. The molecule has 4 heteroatoms. The predicted octanol–water partition coefficient (Wildman–Crippen LogP) is 1.49. The Hall–Kier alpha value is -0.570. The Labute approximate surface area is 81.4 Å². The molecule has 0 aromatic rings. The van der Waals surface area contributed by atoms with E-state index >= 15 is 0 Å². The number of carbonyl (C=O) groups excluding carboxylic acids is 2. The van der Waals surface area contributed by atoms with E-state index in [4.69, 9.17) is 16.3 Å². The van der Waals surface area contributed by atoms with Crippen LogP contribution in [0.1, 0.15) is 26.2 Å². The zero-order valence-corrected chi connectivity index (χ0v) is 8.19. The van der Waals surface area contributed by atoms with Crippen molar-refractivity contribution >= 4 is 22.8 Å². The minimum absolute atomic E-state index is 0.158. The van der Waals surface area contributed by atoms with Gasteiger partial charge in [-0.2, -0.15) is 0 Å². The van der Waals surface area contributed by atoms with Crippen molar-refractivity contribution in [1.29, 1.82) is 0 Å². The van der Waals surface area contributed by atoms with Crippen LogP contribution in [0.3, 0.4) is 0 Å². The van der Waals surface area contributed by atoms with E-state index in [2.05, 4.69) is 0 Å². The molecule has 3 aliphatic carbocycles. The van der Waals surface area contributed by atoms with Crippen molar-refractivity contribution in [2.45, 2.75) is 26.2 Å². The highest BCUT2D eigenvalue weighted by atomic mass is 35.5. The molecule has 0 aliphatic heterocycles. The van der Waals surface area contributed by atoms with Crippen LogP contribution in [0.4, 0.5) is 0 Å². The van der Waals surface area contributed by atoms with Crippen LogP contribution in [0.15, 0.2) is 0 Å². The van der Waals surface area contributed by atoms with Gasteiger partial charge in [0.05, 0.1) is 12.0 Å². The van der Waals surface area contributed by atoms with Crippen molar-refractivity contribution in [1.82, 2.24) is 0 Å². The van der Waals surface area contributed by atoms with E-state index in [0.717, 1.165) is 0 Å². The van der Waals surface area contributed by atoms with Crippen molar-refractivity contribution < 1.29 is 14.3 Å². The molecule has 0 atom stereocenters. The van der Waals surface area contributed by atoms with E-state index in [0.29, 0.717) is 25.9 Å². The van der Waals surface area contributed by atoms with Gasteiger partial charge in [-0.15, -0.1) is 0 Å². The first kappa shape index (κ1) is 9.00. The Kier molecular flexibility index (Phi) is 1.71. The fraction of sp³-hybridized carbons (Fsp3) is 0.778. The van der Waals surface area contributed by atoms with Gasteiger partial charge in [-0.25, -0.2) is 0 Å². The van der Waals surface area contributed by atoms with Crippen molar-refractivity contribution in [3.05, 3.63) is 0 Å². The van der Waals surface area contributed by atoms with Crippen molar-refractivity contribution in [2.75, 3.05) is 6.61 Å². The molecule has 0 unspecified atom stereocenters. The molecule has 0 saturated heterocycles. The lowest BCUT2D eigenvalue weighted by atomic mass is 9.35. The maximum Gasteiger partial charge on any atom is 0.312 e. The highest BCUT2D eigenvalue weighted by Crippen LogP contribution is 2.74. The van der Waals surface area contributed by atoms with Gasteiger partial charge in [0.15, 0.2) is 0 Å². The van der Waals surface area contributed by atoms with Crippen LogP contribution in [0.25, 0.3) is 0 Å². The van der Waals surface area contributed by atoms with E-state index in [1.54, 1.807) is 6.92 Å². The number of hydrogen-bond acceptors (Lipinski definition) is 3. The molecule has 3 fully saturated rings. The summed E-state index contributed by atoms with van der Waals surface area (Å²) in [7, 11) is 0. The van der Waals surface area contributed by atoms with Crippen LogP contribution >= 0.6 is 11.6 Å². The SMILES string of the molecule is CCOC(=O)[C@]12C[C@](C(=O)Cl)(C1)C2. The van der Waals surface area contributed by atoms with Crippen molar-refractivity contribution in [3.8, 4) is 0 Å². The highest BCUT2D eigenvalue weighted by Gasteiger charge is 2.75. The summed E-state index contributed by atoms with van der Waals surface area (Å²) >= 11 is 5.41. The maximum absolute atomic E-state index is 11.4. The summed E-state index contributed by atoms with van der Waals surface area (Å²) in [5.41, 5.74) is -0.713. The van der Waals surface area contributed by atoms with Crippen LogP contribution in [0, 0.1) is 10.8 Å². The lowest BCUT2D eigenvalue weighted by Crippen LogP contribution is -2.68. The molecule has 13 heavy (non-hydrogen) atoms. The summed E-state index contributed by atoms with van der Waals surface area (Å²) in [6.07, 6.45) is 1.80. The van der Waals surface area contributed by atoms with Crippen LogP contribution in [-0.2, 0) is 14.3 Å². The van der Waals surface area contributed by atoms with Crippen LogP contribution in [0.2, 0.25) is 0 Å². The smallest absolute Gasteiger partial charge is 0.312 e. The van der Waals surface area contributed by atoms with Gasteiger partial charge >= 0.3 is 5.97 Å². The third-order valence-corrected chi connectivity index (χ3v) is 3.56. The van der Waals surface area contributed by atoms with Crippen LogP contribution < -0.4 is 0 Å². The second-order valence-corrected chi connectivity index (χ2v) is 4.43. The highest BCUT2D eigenvalue weighted by molar-refractivity contribution is 6.65. The number of esters is 1. The molecule has 0 radical (unpaired) electrons. The number of carbonyl (C=O) groups is 2. The molecule has 2 bridgehead atoms. The molecule has 0 spiro atoms. The molecule has 3 saturated carbocycles. The number of rotatable bonds is 3. The molecule has 3 aliphatic rings. The van der Waals surface area contributed by atoms with Gasteiger partial charge in [-0.05, 0) is 37.8 Å². The van der Waals surface area contributed by atoms with Gasteiger partial charge < -0.3 is 4.74 Å². The van der Waals surface area contributed by atoms with Crippen LogP contribution in [0.5, 0.6) is 0 Å². The van der Waals surface area contributed by atoms with Gasteiger partial charge in [0, 0.05) is 5.41 Å². The lowest BCUT2D eigenvalue weighted by molar-refractivity contribution is -0.219. The molecule has 0 N–H and O–H groups in total. The average molecular weight is 203 g/mol. The molecule has 0 amide bonds. The molecule has 3 nitrogen and oxygen atoms in total. The standard InChI is InChI=1S/C9H11ClO3/c1-2-13-7(12)9-3-8(4-9,5-9)6(10)11/h2-5H2,1H3/t8-,9+. The first-order valence-corrected chi connectivity index (χ1v) is 4.80. The Bertz CT molecular complexity index is 265. The zero-order valence-electron chi connectivity index (χ0n) is 7.43. The van der Waals surface area contributed by atoms with Gasteiger partial charge in [0.2, 0.25) is 5.24 Å². The lowest BCUT2D eigenvalue weighted by Gasteiger charge is -2.66. The minimum atomic E-state index is -0.367. The molecule has 0 aromatic carbocycles. The molecule has 0 heterocycles. The normalized spacial score (nSPS) is 40.2. The van der Waals surface area contributed by atoms with E-state index in [1.807, 2.05) is 0 Å². The van der Waals surface area contributed by atoms with E-state index < -0.39 is 0 Å². The second kappa shape index (κ2) is 2.47. The third-order valence-electron chi connectivity index (χ3n) is 3.16. The Morgan fingerprint density at radius 2 is 1.85 bits per heavy atom. The summed E-state index contributed by atoms with van der Waals surface area (Å²) in [5, 5.41) is -0.293. The van der Waals surface area contributed by atoms with Gasteiger partial charge in [0.25, 0.3) is 0 Å². The first-order chi connectivity index (χ1) is 6.05. The molecular formula is C9H11ClO3. The number of ether oxygens (including phenoxy) is 1. The van der Waals surface area contributed by atoms with Gasteiger partial charge in [-0.3, -0.25) is 9.59 Å². The summed E-state index contributed by atoms with van der Waals surface area (Å²) < 4.78 is 4.92. The summed E-state index contributed by atoms with van der Waals surface area (Å²) in [6, 6.07) is 0. The van der Waals surface area contributed by atoms with E-state index in [9.17, 15) is 9.59 Å². The maximum atomic E-state index is 11.4. The number of hydrogen-bond donors (Lipinski definition) is 0. The monoisotopic (exact) mass is 202 g/mol. The predicted molar refractivity (Wildman–Crippen MR) is 46.2 cm³/mol. The van der Waals surface area contributed by atoms with Crippen molar-refractivity contribution in [3.63, 3.8) is 0 Å². The van der Waals surface area contributed by atoms with Crippen LogP contribution in [-0.4, -0.2) is 17.8 Å². The van der Waals surface area contributed by atoms with Gasteiger partial charge in [0.1, 0.15) is 0 Å². The fourth-order valence-corrected chi connectivity index (χ4v) is 2.70. The fourth-order valence-electron chi connectivity index (χ4n) is 2.50. The van der Waals surface area contributed by atoms with E-state index in [-0.39, 0.29) is 22.0 Å². The van der Waals surface area contributed by atoms with E-state index in [1.165, 1.54) is 0 Å². The van der Waals surface area contributed by atoms with Crippen molar-refractivity contribution in [2.24, 2.45) is 10.8 Å². The second-order valence-electron chi connectivity index (χ2n) is 4.09. The average Bonchev–Trinajstić information content (AvgIpc) is 1.79. The summed E-state index contributed by atoms with van der Waals surface area (Å²) in [4.78, 5) is 22.3. The Morgan fingerprint density at radius 1 is 1.31 bits per heavy atom. The Morgan fingerprint density at radius 3 is 2.23 bits per heavy atom. The zero-order chi connectivity index (χ0) is 9.69. The third kappa shape index (κ3) is 0.966. The summed E-state index contributed by atoms with van der Waals surface area (Å²) in [5.74, 6) is -0.158. The molecule has 72 valence electrons. The topological polar surface area (TPSA) is 43.4 Å². The molecular weight excluding hydrogens is 192 g/mol. The minimum Gasteiger partial charge on any atom is -0.466 e. The quantitative estimate of drug-likeness (QED) is 0.515. The van der Waals surface area contributed by atoms with Gasteiger partial charge in [-0.1, -0.05) is 0 Å². The first-order valence-electron chi connectivity index (χ1n) is 4.42. The Balaban J connectivity index is 1.96.